The molecule has 4 rings (SSSR count). The van der Waals surface area contributed by atoms with Crippen LogP contribution < -0.4 is 5.32 Å². The number of aromatic nitrogens is 2. The van der Waals surface area contributed by atoms with Crippen molar-refractivity contribution in [2.75, 3.05) is 11.1 Å². The highest BCUT2D eigenvalue weighted by atomic mass is 32.2. The molecule has 29 heavy (non-hydrogen) atoms. The lowest BCUT2D eigenvalue weighted by Crippen LogP contribution is -2.27. The Bertz CT molecular complexity index is 1010. The number of anilines is 1. The van der Waals surface area contributed by atoms with Gasteiger partial charge in [-0.1, -0.05) is 23.9 Å². The summed E-state index contributed by atoms with van der Waals surface area (Å²) in [6.45, 7) is 0.239. The number of nitrogens with zero attached hydrogens (tertiary/aromatic N) is 3. The molecule has 0 saturated carbocycles. The van der Waals surface area contributed by atoms with Gasteiger partial charge in [-0.15, -0.1) is 10.2 Å². The van der Waals surface area contributed by atoms with Crippen molar-refractivity contribution in [3.63, 3.8) is 0 Å². The molecule has 0 bridgehead atoms. The van der Waals surface area contributed by atoms with E-state index in [-0.39, 0.29) is 35.8 Å². The first-order valence-electron chi connectivity index (χ1n) is 8.79. The van der Waals surface area contributed by atoms with Gasteiger partial charge in [-0.3, -0.25) is 19.3 Å². The van der Waals surface area contributed by atoms with E-state index in [9.17, 15) is 14.4 Å². The molecule has 148 valence electrons. The van der Waals surface area contributed by atoms with Gasteiger partial charge in [-0.25, -0.2) is 0 Å². The van der Waals surface area contributed by atoms with Crippen molar-refractivity contribution in [2.45, 2.75) is 19.4 Å². The Labute approximate surface area is 174 Å². The molecule has 1 N–H and O–H groups in total. The molecule has 1 fully saturated rings. The van der Waals surface area contributed by atoms with Gasteiger partial charge in [-0.2, -0.15) is 11.3 Å². The highest BCUT2D eigenvalue weighted by Crippen LogP contribution is 2.22. The van der Waals surface area contributed by atoms with Gasteiger partial charge < -0.3 is 9.73 Å². The van der Waals surface area contributed by atoms with Crippen molar-refractivity contribution < 1.29 is 18.8 Å². The SMILES string of the molecule is O=C(CCc1nnc(-c2ccsc2)o1)Nc1ccc(CN2C(=O)CSC2=O)cc1. The van der Waals surface area contributed by atoms with E-state index in [0.717, 1.165) is 22.9 Å². The fourth-order valence-electron chi connectivity index (χ4n) is 2.71. The van der Waals surface area contributed by atoms with Gasteiger partial charge >= 0.3 is 0 Å². The number of hydrogen-bond acceptors (Lipinski definition) is 8. The van der Waals surface area contributed by atoms with E-state index >= 15 is 0 Å². The summed E-state index contributed by atoms with van der Waals surface area (Å²) in [6.07, 6.45) is 0.554. The Hall–Kier alpha value is -2.98. The number of benzene rings is 1. The van der Waals surface area contributed by atoms with Crippen molar-refractivity contribution in [3.8, 4) is 11.5 Å². The molecule has 0 atom stereocenters. The summed E-state index contributed by atoms with van der Waals surface area (Å²) in [5.41, 5.74) is 2.32. The topological polar surface area (TPSA) is 105 Å². The zero-order chi connectivity index (χ0) is 20.2. The normalized spacial score (nSPS) is 13.9. The number of thiophene rings is 1. The van der Waals surface area contributed by atoms with Crippen molar-refractivity contribution in [2.24, 2.45) is 0 Å². The Kier molecular flexibility index (Phi) is 5.72. The molecule has 3 heterocycles. The molecule has 3 aromatic rings. The fourth-order valence-corrected chi connectivity index (χ4v) is 4.07. The highest BCUT2D eigenvalue weighted by Gasteiger charge is 2.29. The molecule has 1 aliphatic heterocycles. The summed E-state index contributed by atoms with van der Waals surface area (Å²) in [4.78, 5) is 36.7. The Balaban J connectivity index is 1.27. The molecule has 1 aliphatic rings. The molecule has 1 aromatic carbocycles. The van der Waals surface area contributed by atoms with Crippen LogP contribution >= 0.6 is 23.1 Å². The summed E-state index contributed by atoms with van der Waals surface area (Å²) in [5.74, 6) is 0.705. The molecule has 0 aliphatic carbocycles. The molecule has 3 amide bonds. The molecule has 10 heteroatoms. The van der Waals surface area contributed by atoms with Gasteiger partial charge in [0.1, 0.15) is 0 Å². The summed E-state index contributed by atoms with van der Waals surface area (Å²) < 4.78 is 5.57. The monoisotopic (exact) mass is 428 g/mol. The lowest BCUT2D eigenvalue weighted by Gasteiger charge is -2.13. The van der Waals surface area contributed by atoms with Crippen LogP contribution in [0.2, 0.25) is 0 Å². The molecule has 8 nitrogen and oxygen atoms in total. The van der Waals surface area contributed by atoms with Crippen LogP contribution in [-0.2, 0) is 22.6 Å². The molecular weight excluding hydrogens is 412 g/mol. The van der Waals surface area contributed by atoms with Gasteiger partial charge in [0.05, 0.1) is 12.3 Å². The summed E-state index contributed by atoms with van der Waals surface area (Å²) in [5, 5.41) is 14.4. The third kappa shape index (κ3) is 4.72. The average molecular weight is 428 g/mol. The van der Waals surface area contributed by atoms with E-state index in [1.165, 1.54) is 4.90 Å². The minimum absolute atomic E-state index is 0.172. The summed E-state index contributed by atoms with van der Waals surface area (Å²) >= 11 is 2.56. The maximum Gasteiger partial charge on any atom is 0.289 e. The predicted octanol–water partition coefficient (Wildman–Crippen LogP) is 3.56. The van der Waals surface area contributed by atoms with E-state index in [1.54, 1.807) is 35.6 Å². The van der Waals surface area contributed by atoms with Gasteiger partial charge in [0, 0.05) is 29.5 Å². The first kappa shape index (κ1) is 19.3. The number of hydrogen-bond donors (Lipinski definition) is 1. The number of thioether (sulfide) groups is 1. The van der Waals surface area contributed by atoms with Crippen LogP contribution in [0.4, 0.5) is 10.5 Å². The van der Waals surface area contributed by atoms with Crippen molar-refractivity contribution in [3.05, 3.63) is 52.5 Å². The van der Waals surface area contributed by atoms with Gasteiger partial charge in [0.2, 0.25) is 23.6 Å². The van der Waals surface area contributed by atoms with E-state index in [4.69, 9.17) is 4.42 Å². The third-order valence-corrected chi connectivity index (χ3v) is 5.76. The average Bonchev–Trinajstić information content (AvgIpc) is 3.46. The van der Waals surface area contributed by atoms with Crippen LogP contribution in [0.3, 0.4) is 0 Å². The standard InChI is InChI=1S/C19H16N4O4S2/c24-15(5-6-16-21-22-18(27-16)13-7-8-28-10-13)20-14-3-1-12(2-4-14)9-23-17(25)11-29-19(23)26/h1-4,7-8,10H,5-6,9,11H2,(H,20,24). The lowest BCUT2D eigenvalue weighted by molar-refractivity contribution is -0.125. The number of imide groups is 1. The fraction of sp³-hybridized carbons (Fsp3) is 0.211. The minimum Gasteiger partial charge on any atom is -0.421 e. The summed E-state index contributed by atoms with van der Waals surface area (Å²) in [6, 6.07) is 8.95. The molecule has 0 unspecified atom stereocenters. The Morgan fingerprint density at radius 3 is 2.69 bits per heavy atom. The van der Waals surface area contributed by atoms with E-state index in [1.807, 2.05) is 16.8 Å². The maximum atomic E-state index is 12.2. The molecule has 1 saturated heterocycles. The molecule has 2 aromatic heterocycles. The second-order valence-electron chi connectivity index (χ2n) is 6.29. The van der Waals surface area contributed by atoms with Crippen LogP contribution in [0.1, 0.15) is 17.9 Å². The Morgan fingerprint density at radius 2 is 2.00 bits per heavy atom. The predicted molar refractivity (Wildman–Crippen MR) is 109 cm³/mol. The smallest absolute Gasteiger partial charge is 0.289 e. The molecule has 0 spiro atoms. The number of carbonyl (C=O) groups excluding carboxylic acids is 3. The molecular formula is C19H16N4O4S2. The summed E-state index contributed by atoms with van der Waals surface area (Å²) in [7, 11) is 0. The quantitative estimate of drug-likeness (QED) is 0.613. The van der Waals surface area contributed by atoms with Gasteiger partial charge in [0.15, 0.2) is 0 Å². The maximum absolute atomic E-state index is 12.2. The largest absolute Gasteiger partial charge is 0.421 e. The van der Waals surface area contributed by atoms with Crippen LogP contribution in [0, 0.1) is 0 Å². The van der Waals surface area contributed by atoms with Crippen LogP contribution in [0.5, 0.6) is 0 Å². The van der Waals surface area contributed by atoms with Crippen LogP contribution in [0.25, 0.3) is 11.5 Å². The zero-order valence-electron chi connectivity index (χ0n) is 15.2. The zero-order valence-corrected chi connectivity index (χ0v) is 16.8. The number of rotatable bonds is 7. The lowest BCUT2D eigenvalue weighted by atomic mass is 10.2. The number of aryl methyl sites for hydroxylation is 1. The van der Waals surface area contributed by atoms with Crippen molar-refractivity contribution in [1.82, 2.24) is 15.1 Å². The third-order valence-electron chi connectivity index (χ3n) is 4.22. The molecule has 0 radical (unpaired) electrons. The second kappa shape index (κ2) is 8.58. The second-order valence-corrected chi connectivity index (χ2v) is 8.00. The van der Waals surface area contributed by atoms with Gasteiger partial charge in [0.25, 0.3) is 5.24 Å². The number of nitrogens with one attached hydrogen (secondary N) is 1. The van der Waals surface area contributed by atoms with Crippen molar-refractivity contribution in [1.29, 1.82) is 0 Å². The van der Waals surface area contributed by atoms with Crippen LogP contribution in [-0.4, -0.2) is 37.9 Å². The van der Waals surface area contributed by atoms with E-state index in [2.05, 4.69) is 15.5 Å². The first-order valence-corrected chi connectivity index (χ1v) is 10.7. The first-order chi connectivity index (χ1) is 14.1. The Morgan fingerprint density at radius 1 is 1.17 bits per heavy atom. The minimum atomic E-state index is -0.226. The van der Waals surface area contributed by atoms with Gasteiger partial charge in [-0.05, 0) is 29.1 Å². The number of amides is 3. The van der Waals surface area contributed by atoms with E-state index < -0.39 is 0 Å². The van der Waals surface area contributed by atoms with Crippen molar-refractivity contribution >= 4 is 45.8 Å². The highest BCUT2D eigenvalue weighted by molar-refractivity contribution is 8.14. The van der Waals surface area contributed by atoms with Crippen LogP contribution in [0.15, 0.2) is 45.5 Å². The number of carbonyl (C=O) groups is 3. The van der Waals surface area contributed by atoms with E-state index in [0.29, 0.717) is 23.9 Å².